The molecule has 0 bridgehead atoms. The minimum absolute atomic E-state index is 0.0744. The highest BCUT2D eigenvalue weighted by atomic mass is 79.9. The van der Waals surface area contributed by atoms with Crippen LogP contribution < -0.4 is 16.2 Å². The van der Waals surface area contributed by atoms with Crippen LogP contribution >= 0.6 is 15.9 Å². The Labute approximate surface area is 126 Å². The summed E-state index contributed by atoms with van der Waals surface area (Å²) in [6, 6.07) is 12.4. The van der Waals surface area contributed by atoms with Gasteiger partial charge < -0.3 is 11.1 Å². The minimum atomic E-state index is -3.82. The zero-order valence-electron chi connectivity index (χ0n) is 10.5. The van der Waals surface area contributed by atoms with E-state index in [0.717, 1.165) is 10.0 Å². The Balaban J connectivity index is 2.25. The first kappa shape index (κ1) is 14.8. The number of anilines is 2. The van der Waals surface area contributed by atoms with Crippen molar-refractivity contribution in [3.05, 3.63) is 52.5 Å². The van der Waals surface area contributed by atoms with Gasteiger partial charge in [0, 0.05) is 11.0 Å². The summed E-state index contributed by atoms with van der Waals surface area (Å²) < 4.78 is 23.8. The molecule has 0 aliphatic rings. The average Bonchev–Trinajstić information content (AvgIpc) is 2.38. The standard InChI is InChI=1S/C13H14BrN3O2S/c14-10-5-2-1-4-9(10)8-17-11-6-3-7-12(13(11)15)20(16,18)19/h1-7,17H,8,15H2,(H2,16,18,19). The molecule has 20 heavy (non-hydrogen) atoms. The van der Waals surface area contributed by atoms with Crippen LogP contribution in [-0.2, 0) is 16.6 Å². The van der Waals surface area contributed by atoms with Crippen molar-refractivity contribution in [3.63, 3.8) is 0 Å². The van der Waals surface area contributed by atoms with E-state index in [2.05, 4.69) is 21.2 Å². The molecule has 0 atom stereocenters. The monoisotopic (exact) mass is 355 g/mol. The molecule has 0 saturated heterocycles. The molecule has 0 radical (unpaired) electrons. The molecule has 0 aliphatic carbocycles. The lowest BCUT2D eigenvalue weighted by Crippen LogP contribution is -2.15. The van der Waals surface area contributed by atoms with Gasteiger partial charge >= 0.3 is 0 Å². The third kappa shape index (κ3) is 3.30. The summed E-state index contributed by atoms with van der Waals surface area (Å²) in [5.74, 6) is 0. The van der Waals surface area contributed by atoms with Gasteiger partial charge in [0.1, 0.15) is 4.90 Å². The summed E-state index contributed by atoms with van der Waals surface area (Å²) in [7, 11) is -3.82. The molecule has 2 aromatic rings. The van der Waals surface area contributed by atoms with Crippen molar-refractivity contribution >= 4 is 37.3 Å². The van der Waals surface area contributed by atoms with Crippen molar-refractivity contribution in [2.75, 3.05) is 11.1 Å². The first-order chi connectivity index (χ1) is 9.39. The van der Waals surface area contributed by atoms with E-state index in [1.807, 2.05) is 24.3 Å². The summed E-state index contributed by atoms with van der Waals surface area (Å²) in [6.07, 6.45) is 0. The van der Waals surface area contributed by atoms with Crippen LogP contribution in [0.3, 0.4) is 0 Å². The number of halogens is 1. The van der Waals surface area contributed by atoms with Gasteiger partial charge in [-0.2, -0.15) is 0 Å². The van der Waals surface area contributed by atoms with E-state index < -0.39 is 10.0 Å². The summed E-state index contributed by atoms with van der Waals surface area (Å²) >= 11 is 3.45. The SMILES string of the molecule is Nc1c(NCc2ccccc2Br)cccc1S(N)(=O)=O. The highest BCUT2D eigenvalue weighted by Gasteiger charge is 2.14. The fourth-order valence-electron chi connectivity index (χ4n) is 1.78. The van der Waals surface area contributed by atoms with Crippen molar-refractivity contribution in [2.24, 2.45) is 5.14 Å². The van der Waals surface area contributed by atoms with E-state index in [-0.39, 0.29) is 10.6 Å². The van der Waals surface area contributed by atoms with Crippen molar-refractivity contribution < 1.29 is 8.42 Å². The molecular formula is C13H14BrN3O2S. The normalized spacial score (nSPS) is 11.3. The molecular weight excluding hydrogens is 342 g/mol. The second kappa shape index (κ2) is 5.82. The van der Waals surface area contributed by atoms with Gasteiger partial charge in [-0.3, -0.25) is 0 Å². The Kier molecular flexibility index (Phi) is 4.32. The van der Waals surface area contributed by atoms with Crippen LogP contribution in [0.5, 0.6) is 0 Å². The Morgan fingerprint density at radius 2 is 1.80 bits per heavy atom. The van der Waals surface area contributed by atoms with Gasteiger partial charge in [-0.25, -0.2) is 13.6 Å². The Morgan fingerprint density at radius 3 is 2.45 bits per heavy atom. The van der Waals surface area contributed by atoms with Gasteiger partial charge in [0.2, 0.25) is 10.0 Å². The van der Waals surface area contributed by atoms with Crippen molar-refractivity contribution in [3.8, 4) is 0 Å². The molecule has 0 aromatic heterocycles. The number of para-hydroxylation sites is 1. The van der Waals surface area contributed by atoms with E-state index in [4.69, 9.17) is 10.9 Å². The fourth-order valence-corrected chi connectivity index (χ4v) is 2.89. The number of rotatable bonds is 4. The number of sulfonamides is 1. The second-order valence-corrected chi connectivity index (χ2v) is 6.59. The van der Waals surface area contributed by atoms with Gasteiger partial charge in [0.05, 0.1) is 11.4 Å². The maximum Gasteiger partial charge on any atom is 0.240 e. The van der Waals surface area contributed by atoms with Crippen LogP contribution in [0.4, 0.5) is 11.4 Å². The molecule has 2 rings (SSSR count). The van der Waals surface area contributed by atoms with Crippen molar-refractivity contribution in [1.82, 2.24) is 0 Å². The lowest BCUT2D eigenvalue weighted by atomic mass is 10.2. The van der Waals surface area contributed by atoms with Gasteiger partial charge in [-0.05, 0) is 23.8 Å². The van der Waals surface area contributed by atoms with E-state index in [9.17, 15) is 8.42 Å². The van der Waals surface area contributed by atoms with Crippen LogP contribution in [0.15, 0.2) is 51.8 Å². The second-order valence-electron chi connectivity index (χ2n) is 4.21. The zero-order chi connectivity index (χ0) is 14.8. The van der Waals surface area contributed by atoms with Crippen LogP contribution in [0.25, 0.3) is 0 Å². The molecule has 0 aliphatic heterocycles. The van der Waals surface area contributed by atoms with Crippen LogP contribution in [0.2, 0.25) is 0 Å². The number of nitrogen functional groups attached to an aromatic ring is 1. The summed E-state index contributed by atoms with van der Waals surface area (Å²) in [6.45, 7) is 0.514. The first-order valence-corrected chi connectivity index (χ1v) is 8.12. The number of hydrogen-bond donors (Lipinski definition) is 3. The zero-order valence-corrected chi connectivity index (χ0v) is 12.9. The lowest BCUT2D eigenvalue weighted by Gasteiger charge is -2.12. The largest absolute Gasteiger partial charge is 0.396 e. The quantitative estimate of drug-likeness (QED) is 0.732. The summed E-state index contributed by atoms with van der Waals surface area (Å²) in [5.41, 5.74) is 7.53. The van der Waals surface area contributed by atoms with Gasteiger partial charge in [-0.1, -0.05) is 40.2 Å². The predicted octanol–water partition coefficient (Wildman–Crippen LogP) is 2.29. The molecule has 0 heterocycles. The van der Waals surface area contributed by atoms with E-state index in [1.165, 1.54) is 6.07 Å². The molecule has 5 nitrogen and oxygen atoms in total. The predicted molar refractivity (Wildman–Crippen MR) is 83.7 cm³/mol. The smallest absolute Gasteiger partial charge is 0.240 e. The minimum Gasteiger partial charge on any atom is -0.396 e. The highest BCUT2D eigenvalue weighted by Crippen LogP contribution is 2.26. The molecule has 2 aromatic carbocycles. The van der Waals surface area contributed by atoms with Crippen molar-refractivity contribution in [1.29, 1.82) is 0 Å². The molecule has 0 fully saturated rings. The van der Waals surface area contributed by atoms with E-state index >= 15 is 0 Å². The van der Waals surface area contributed by atoms with Crippen molar-refractivity contribution in [2.45, 2.75) is 11.4 Å². The average molecular weight is 356 g/mol. The van der Waals surface area contributed by atoms with Gasteiger partial charge in [0.15, 0.2) is 0 Å². The first-order valence-electron chi connectivity index (χ1n) is 5.78. The van der Waals surface area contributed by atoms with Gasteiger partial charge in [-0.15, -0.1) is 0 Å². The lowest BCUT2D eigenvalue weighted by molar-refractivity contribution is 0.598. The Bertz CT molecular complexity index is 732. The summed E-state index contributed by atoms with van der Waals surface area (Å²) in [4.78, 5) is -0.0744. The maximum atomic E-state index is 11.4. The molecule has 0 amide bonds. The van der Waals surface area contributed by atoms with Crippen LogP contribution in [0.1, 0.15) is 5.56 Å². The number of nitrogens with two attached hydrogens (primary N) is 2. The molecule has 5 N–H and O–H groups in total. The van der Waals surface area contributed by atoms with Crippen LogP contribution in [-0.4, -0.2) is 8.42 Å². The fraction of sp³-hybridized carbons (Fsp3) is 0.0769. The molecule has 0 unspecified atom stereocenters. The Hall–Kier alpha value is -1.57. The molecule has 106 valence electrons. The summed E-state index contributed by atoms with van der Waals surface area (Å²) in [5, 5.41) is 8.22. The van der Waals surface area contributed by atoms with E-state index in [0.29, 0.717) is 12.2 Å². The molecule has 0 saturated carbocycles. The Morgan fingerprint density at radius 1 is 1.10 bits per heavy atom. The topological polar surface area (TPSA) is 98.2 Å². The molecule has 0 spiro atoms. The third-order valence-electron chi connectivity index (χ3n) is 2.80. The third-order valence-corrected chi connectivity index (χ3v) is 4.54. The number of hydrogen-bond acceptors (Lipinski definition) is 4. The number of benzene rings is 2. The van der Waals surface area contributed by atoms with Gasteiger partial charge in [0.25, 0.3) is 0 Å². The maximum absolute atomic E-state index is 11.4. The molecule has 7 heteroatoms. The highest BCUT2D eigenvalue weighted by molar-refractivity contribution is 9.10. The number of nitrogens with one attached hydrogen (secondary N) is 1. The van der Waals surface area contributed by atoms with Crippen LogP contribution in [0, 0.1) is 0 Å². The van der Waals surface area contributed by atoms with E-state index in [1.54, 1.807) is 12.1 Å². The number of primary sulfonamides is 1.